The van der Waals surface area contributed by atoms with E-state index >= 15 is 0 Å². The Morgan fingerprint density at radius 3 is 2.93 bits per heavy atom. The smallest absolute Gasteiger partial charge is 0.326 e. The minimum absolute atomic E-state index is 0.00954. The number of azide groups is 1. The van der Waals surface area contributed by atoms with E-state index in [1.807, 2.05) is 0 Å². The fraction of sp³-hybridized carbons (Fsp3) is 0. The van der Waals surface area contributed by atoms with Gasteiger partial charge in [-0.3, -0.25) is 0 Å². The average Bonchev–Trinajstić information content (AvgIpc) is 2.19. The molecule has 1 aromatic carbocycles. The number of rotatable bonds is 1. The summed E-state index contributed by atoms with van der Waals surface area (Å²) in [6.45, 7) is 0. The van der Waals surface area contributed by atoms with Gasteiger partial charge in [0.25, 0.3) is 5.52 Å². The highest BCUT2D eigenvalue weighted by Crippen LogP contribution is 2.20. The van der Waals surface area contributed by atoms with Crippen molar-refractivity contribution in [3.05, 3.63) is 39.1 Å². The largest absolute Gasteiger partial charge is 0.590 e. The first kappa shape index (κ1) is 8.91. The van der Waals surface area contributed by atoms with E-state index in [-0.39, 0.29) is 26.5 Å². The number of aromatic nitrogens is 4. The molecular weight excluding hydrogens is 202 g/mol. The van der Waals surface area contributed by atoms with E-state index in [4.69, 9.17) is 5.53 Å². The Morgan fingerprint density at radius 1 is 1.40 bits per heavy atom. The molecule has 1 heterocycles. The molecule has 2 aromatic rings. The van der Waals surface area contributed by atoms with E-state index in [1.165, 1.54) is 18.2 Å². The molecule has 2 rings (SSSR count). The molecule has 0 fully saturated rings. The summed E-state index contributed by atoms with van der Waals surface area (Å²) in [7, 11) is 0. The average molecular weight is 205 g/mol. The molecule has 0 aliphatic heterocycles. The number of hydrogen-bond donors (Lipinski definition) is 0. The minimum Gasteiger partial charge on any atom is -0.590 e. The topological polar surface area (TPSA) is 128 Å². The SMILES string of the molecule is [N-]=[N+]=Nc1cccc2c1n[n+]([O-])n[n+]2[O-]. The van der Waals surface area contributed by atoms with Gasteiger partial charge in [-0.05, 0) is 11.6 Å². The van der Waals surface area contributed by atoms with Crippen molar-refractivity contribution in [1.29, 1.82) is 0 Å². The zero-order valence-electron chi connectivity index (χ0n) is 7.18. The van der Waals surface area contributed by atoms with Crippen molar-refractivity contribution in [2.75, 3.05) is 0 Å². The molecule has 0 unspecified atom stereocenters. The van der Waals surface area contributed by atoms with Crippen molar-refractivity contribution in [2.24, 2.45) is 5.11 Å². The van der Waals surface area contributed by atoms with Gasteiger partial charge in [-0.1, -0.05) is 11.2 Å². The van der Waals surface area contributed by atoms with Crippen molar-refractivity contribution >= 4 is 16.7 Å². The van der Waals surface area contributed by atoms with Gasteiger partial charge >= 0.3 is 5.21 Å². The van der Waals surface area contributed by atoms with E-state index in [0.29, 0.717) is 0 Å². The standard InChI is InChI=1S/C6H3N7O2/c7-10-8-4-2-1-3-5-6(4)9-13(15)11-12(5)14/h1-3H. The lowest BCUT2D eigenvalue weighted by molar-refractivity contribution is -0.863. The van der Waals surface area contributed by atoms with Crippen LogP contribution in [0.15, 0.2) is 23.3 Å². The number of fused-ring (bicyclic) bond motifs is 1. The summed E-state index contributed by atoms with van der Waals surface area (Å²) in [6.07, 6.45) is 0. The van der Waals surface area contributed by atoms with Crippen molar-refractivity contribution in [2.45, 2.75) is 0 Å². The predicted octanol–water partition coefficient (Wildman–Crippen LogP) is -0.162. The Kier molecular flexibility index (Phi) is 1.92. The second kappa shape index (κ2) is 3.24. The van der Waals surface area contributed by atoms with Crippen molar-refractivity contribution in [3.8, 4) is 0 Å². The molecule has 0 N–H and O–H groups in total. The fourth-order valence-corrected chi connectivity index (χ4v) is 1.13. The van der Waals surface area contributed by atoms with Crippen LogP contribution in [0.4, 0.5) is 5.69 Å². The Morgan fingerprint density at radius 2 is 2.20 bits per heavy atom. The zero-order valence-corrected chi connectivity index (χ0v) is 7.18. The maximum Gasteiger partial charge on any atom is 0.326 e. The third-order valence-electron chi connectivity index (χ3n) is 1.70. The molecule has 0 atom stereocenters. The molecule has 1 aromatic heterocycles. The first-order chi connectivity index (χ1) is 7.22. The quantitative estimate of drug-likeness (QED) is 0.210. The van der Waals surface area contributed by atoms with Crippen molar-refractivity contribution < 1.29 is 9.80 Å². The van der Waals surface area contributed by atoms with Gasteiger partial charge in [0.1, 0.15) is 4.96 Å². The van der Waals surface area contributed by atoms with E-state index in [2.05, 4.69) is 20.3 Å². The summed E-state index contributed by atoms with van der Waals surface area (Å²) >= 11 is 0. The maximum atomic E-state index is 11.2. The van der Waals surface area contributed by atoms with Crippen LogP contribution in [0.5, 0.6) is 0 Å². The van der Waals surface area contributed by atoms with Gasteiger partial charge in [-0.2, -0.15) is 0 Å². The third-order valence-corrected chi connectivity index (χ3v) is 1.70. The molecule has 9 heteroatoms. The highest BCUT2D eigenvalue weighted by molar-refractivity contribution is 5.82. The first-order valence-corrected chi connectivity index (χ1v) is 3.78. The summed E-state index contributed by atoms with van der Waals surface area (Å²) in [5.74, 6) is 0. The van der Waals surface area contributed by atoms with Crippen LogP contribution >= 0.6 is 0 Å². The molecule has 0 amide bonds. The first-order valence-electron chi connectivity index (χ1n) is 3.78. The minimum atomic E-state index is -0.133. The maximum absolute atomic E-state index is 11.2. The van der Waals surface area contributed by atoms with Gasteiger partial charge in [0.2, 0.25) is 5.52 Å². The number of hydrogen-bond acceptors (Lipinski definition) is 5. The van der Waals surface area contributed by atoms with E-state index in [1.54, 1.807) is 0 Å². The lowest BCUT2D eigenvalue weighted by Gasteiger charge is -1.96. The molecule has 0 saturated heterocycles. The van der Waals surface area contributed by atoms with Crippen LogP contribution in [-0.2, 0) is 0 Å². The van der Waals surface area contributed by atoms with Crippen LogP contribution in [0.2, 0.25) is 0 Å². The van der Waals surface area contributed by atoms with Crippen molar-refractivity contribution in [3.63, 3.8) is 0 Å². The van der Waals surface area contributed by atoms with E-state index in [9.17, 15) is 10.4 Å². The molecule has 0 radical (unpaired) electrons. The highest BCUT2D eigenvalue weighted by atomic mass is 16.6. The molecular formula is C6H3N7O2. The van der Waals surface area contributed by atoms with Gasteiger partial charge in [0.15, 0.2) is 0 Å². The summed E-state index contributed by atoms with van der Waals surface area (Å²) in [4.78, 5) is 2.54. The molecule has 9 nitrogen and oxygen atoms in total. The third kappa shape index (κ3) is 1.42. The van der Waals surface area contributed by atoms with Gasteiger partial charge in [-0.25, -0.2) is 0 Å². The molecule has 0 saturated carbocycles. The Balaban J connectivity index is 2.90. The Labute approximate surface area is 81.9 Å². The summed E-state index contributed by atoms with van der Waals surface area (Å²) in [5, 5.41) is 31.7. The fourth-order valence-electron chi connectivity index (χ4n) is 1.13. The highest BCUT2D eigenvalue weighted by Gasteiger charge is 2.15. The second-order valence-electron chi connectivity index (χ2n) is 2.55. The van der Waals surface area contributed by atoms with Crippen molar-refractivity contribution in [1.82, 2.24) is 10.3 Å². The molecule has 0 spiro atoms. The van der Waals surface area contributed by atoms with Crippen LogP contribution in [0.25, 0.3) is 21.5 Å². The van der Waals surface area contributed by atoms with Crippen LogP contribution in [0, 0.1) is 10.4 Å². The van der Waals surface area contributed by atoms with Crippen LogP contribution < -0.4 is 9.80 Å². The van der Waals surface area contributed by atoms with E-state index < -0.39 is 0 Å². The van der Waals surface area contributed by atoms with Gasteiger partial charge in [0.05, 0.1) is 10.8 Å². The summed E-state index contributed by atoms with van der Waals surface area (Å²) < 4.78 is 0. The predicted molar refractivity (Wildman–Crippen MR) is 46.3 cm³/mol. The lowest BCUT2D eigenvalue weighted by Crippen LogP contribution is -2.50. The van der Waals surface area contributed by atoms with Crippen LogP contribution in [-0.4, -0.2) is 10.3 Å². The van der Waals surface area contributed by atoms with Gasteiger partial charge < -0.3 is 10.4 Å². The summed E-state index contributed by atoms with van der Waals surface area (Å²) in [5.41, 5.74) is 8.44. The zero-order chi connectivity index (χ0) is 10.8. The van der Waals surface area contributed by atoms with Gasteiger partial charge in [0, 0.05) is 15.8 Å². The molecule has 0 bridgehead atoms. The van der Waals surface area contributed by atoms with Gasteiger partial charge in [-0.15, -0.1) is 0 Å². The number of benzene rings is 1. The number of nitrogens with zero attached hydrogens (tertiary/aromatic N) is 7. The van der Waals surface area contributed by atoms with Crippen LogP contribution in [0.1, 0.15) is 0 Å². The summed E-state index contributed by atoms with van der Waals surface area (Å²) in [6, 6.07) is 4.35. The molecule has 0 aliphatic carbocycles. The second-order valence-corrected chi connectivity index (χ2v) is 2.55. The molecule has 0 aliphatic rings. The van der Waals surface area contributed by atoms with Crippen LogP contribution in [0.3, 0.4) is 0 Å². The normalized spacial score (nSPS) is 9.87. The van der Waals surface area contributed by atoms with E-state index in [0.717, 1.165) is 0 Å². The Hall–Kier alpha value is -2.67. The Bertz CT molecular complexity index is 577. The molecule has 15 heavy (non-hydrogen) atoms. The lowest BCUT2D eigenvalue weighted by atomic mass is 10.3. The monoisotopic (exact) mass is 205 g/mol. The molecule has 74 valence electrons.